The van der Waals surface area contributed by atoms with Crippen molar-refractivity contribution in [2.45, 2.75) is 32.6 Å². The normalized spacial score (nSPS) is 23.6. The van der Waals surface area contributed by atoms with Gasteiger partial charge in [-0.3, -0.25) is 4.90 Å². The molecular formula is C15H22N2O2S. The maximum Gasteiger partial charge on any atom is 0.123 e. The third kappa shape index (κ3) is 3.69. The molecule has 0 aliphatic carbocycles. The minimum Gasteiger partial charge on any atom is -0.496 e. The predicted molar refractivity (Wildman–Crippen MR) is 84.2 cm³/mol. The minimum absolute atomic E-state index is 0.253. The zero-order valence-corrected chi connectivity index (χ0v) is 13.1. The summed E-state index contributed by atoms with van der Waals surface area (Å²) in [5, 5.41) is 0. The molecule has 1 aliphatic heterocycles. The van der Waals surface area contributed by atoms with Crippen LogP contribution in [0.25, 0.3) is 0 Å². The van der Waals surface area contributed by atoms with Gasteiger partial charge in [0.1, 0.15) is 10.7 Å². The summed E-state index contributed by atoms with van der Waals surface area (Å²) in [6.45, 7) is 6.86. The highest BCUT2D eigenvalue weighted by Crippen LogP contribution is 2.23. The number of thiocarbonyl (C=S) groups is 1. The van der Waals surface area contributed by atoms with E-state index >= 15 is 0 Å². The molecule has 0 radical (unpaired) electrons. The Labute approximate surface area is 125 Å². The predicted octanol–water partition coefficient (Wildman–Crippen LogP) is 1.94. The van der Waals surface area contributed by atoms with E-state index in [1.54, 1.807) is 7.11 Å². The Morgan fingerprint density at radius 2 is 2.05 bits per heavy atom. The lowest BCUT2D eigenvalue weighted by Crippen LogP contribution is -2.44. The number of methoxy groups -OCH3 is 1. The highest BCUT2D eigenvalue weighted by molar-refractivity contribution is 7.80. The van der Waals surface area contributed by atoms with Gasteiger partial charge < -0.3 is 15.2 Å². The van der Waals surface area contributed by atoms with Crippen molar-refractivity contribution in [3.63, 3.8) is 0 Å². The molecule has 1 fully saturated rings. The number of nitrogens with two attached hydrogens (primary N) is 1. The van der Waals surface area contributed by atoms with Crippen molar-refractivity contribution in [3.05, 3.63) is 29.3 Å². The number of hydrogen-bond acceptors (Lipinski definition) is 4. The second kappa shape index (κ2) is 6.52. The summed E-state index contributed by atoms with van der Waals surface area (Å²) in [6, 6.07) is 5.85. The average molecular weight is 294 g/mol. The molecule has 1 saturated heterocycles. The smallest absolute Gasteiger partial charge is 0.123 e. The second-order valence-corrected chi connectivity index (χ2v) is 5.78. The summed E-state index contributed by atoms with van der Waals surface area (Å²) >= 11 is 5.05. The Bertz CT molecular complexity index is 483. The van der Waals surface area contributed by atoms with Gasteiger partial charge in [-0.2, -0.15) is 0 Å². The number of morpholine rings is 1. The highest BCUT2D eigenvalue weighted by Gasteiger charge is 2.23. The Balaban J connectivity index is 2.18. The van der Waals surface area contributed by atoms with E-state index in [9.17, 15) is 0 Å². The first-order valence-electron chi connectivity index (χ1n) is 6.84. The molecule has 5 heteroatoms. The summed E-state index contributed by atoms with van der Waals surface area (Å²) in [5.41, 5.74) is 7.70. The molecular weight excluding hydrogens is 272 g/mol. The number of rotatable bonds is 4. The molecule has 0 saturated carbocycles. The van der Waals surface area contributed by atoms with Crippen LogP contribution in [-0.4, -0.2) is 42.3 Å². The zero-order chi connectivity index (χ0) is 14.7. The van der Waals surface area contributed by atoms with E-state index in [1.807, 2.05) is 18.2 Å². The molecule has 0 spiro atoms. The molecule has 0 amide bonds. The summed E-state index contributed by atoms with van der Waals surface area (Å²) in [5.74, 6) is 0.872. The maximum absolute atomic E-state index is 5.76. The minimum atomic E-state index is 0.253. The third-order valence-electron chi connectivity index (χ3n) is 3.45. The first-order chi connectivity index (χ1) is 9.49. The van der Waals surface area contributed by atoms with E-state index in [0.717, 1.165) is 36.5 Å². The quantitative estimate of drug-likeness (QED) is 0.860. The van der Waals surface area contributed by atoms with Crippen LogP contribution >= 0.6 is 12.2 Å². The van der Waals surface area contributed by atoms with E-state index < -0.39 is 0 Å². The fourth-order valence-corrected chi connectivity index (χ4v) is 2.84. The monoisotopic (exact) mass is 294 g/mol. The average Bonchev–Trinajstić information content (AvgIpc) is 2.37. The molecule has 2 atom stereocenters. The van der Waals surface area contributed by atoms with E-state index in [-0.39, 0.29) is 12.2 Å². The molecule has 2 unspecified atom stereocenters. The van der Waals surface area contributed by atoms with Crippen molar-refractivity contribution in [2.24, 2.45) is 5.73 Å². The van der Waals surface area contributed by atoms with Crippen LogP contribution in [0.4, 0.5) is 0 Å². The van der Waals surface area contributed by atoms with Crippen molar-refractivity contribution in [1.29, 1.82) is 0 Å². The summed E-state index contributed by atoms with van der Waals surface area (Å²) in [7, 11) is 1.68. The lowest BCUT2D eigenvalue weighted by molar-refractivity contribution is -0.0706. The summed E-state index contributed by atoms with van der Waals surface area (Å²) in [6.07, 6.45) is 0.507. The standard InChI is InChI=1S/C15H22N2O2S/c1-10-7-17(8-11(2)19-10)9-13-6-12(15(16)20)4-5-14(13)18-3/h4-6,10-11H,7-9H2,1-3H3,(H2,16,20). The number of ether oxygens (including phenoxy) is 2. The first kappa shape index (κ1) is 15.2. The van der Waals surface area contributed by atoms with E-state index in [2.05, 4.69) is 18.7 Å². The Hall–Kier alpha value is -1.17. The lowest BCUT2D eigenvalue weighted by Gasteiger charge is -2.35. The van der Waals surface area contributed by atoms with Crippen LogP contribution in [0.1, 0.15) is 25.0 Å². The SMILES string of the molecule is COc1ccc(C(N)=S)cc1CN1CC(C)OC(C)C1. The topological polar surface area (TPSA) is 47.7 Å². The lowest BCUT2D eigenvalue weighted by atomic mass is 10.1. The van der Waals surface area contributed by atoms with Gasteiger partial charge in [0.15, 0.2) is 0 Å². The highest BCUT2D eigenvalue weighted by atomic mass is 32.1. The fraction of sp³-hybridized carbons (Fsp3) is 0.533. The van der Waals surface area contributed by atoms with Gasteiger partial charge in [-0.25, -0.2) is 0 Å². The van der Waals surface area contributed by atoms with Crippen molar-refractivity contribution in [1.82, 2.24) is 4.90 Å². The van der Waals surface area contributed by atoms with Crippen molar-refractivity contribution in [3.8, 4) is 5.75 Å². The number of benzene rings is 1. The Morgan fingerprint density at radius 3 is 2.60 bits per heavy atom. The molecule has 0 bridgehead atoms. The zero-order valence-electron chi connectivity index (χ0n) is 12.3. The van der Waals surface area contributed by atoms with Crippen molar-refractivity contribution >= 4 is 17.2 Å². The van der Waals surface area contributed by atoms with Gasteiger partial charge in [0.25, 0.3) is 0 Å². The van der Waals surface area contributed by atoms with Crippen LogP contribution in [0, 0.1) is 0 Å². The van der Waals surface area contributed by atoms with Crippen LogP contribution in [0.15, 0.2) is 18.2 Å². The van der Waals surface area contributed by atoms with Crippen LogP contribution in [0.5, 0.6) is 5.75 Å². The van der Waals surface area contributed by atoms with Crippen molar-refractivity contribution in [2.75, 3.05) is 20.2 Å². The second-order valence-electron chi connectivity index (χ2n) is 5.34. The maximum atomic E-state index is 5.76. The van der Waals surface area contributed by atoms with E-state index in [1.165, 1.54) is 0 Å². The van der Waals surface area contributed by atoms with Gasteiger partial charge in [0, 0.05) is 30.8 Å². The molecule has 2 rings (SSSR count). The van der Waals surface area contributed by atoms with E-state index in [0.29, 0.717) is 4.99 Å². The Morgan fingerprint density at radius 1 is 1.40 bits per heavy atom. The third-order valence-corrected chi connectivity index (χ3v) is 3.69. The number of nitrogens with zero attached hydrogens (tertiary/aromatic N) is 1. The van der Waals surface area contributed by atoms with Gasteiger partial charge in [-0.1, -0.05) is 12.2 Å². The molecule has 1 heterocycles. The van der Waals surface area contributed by atoms with Gasteiger partial charge in [0.2, 0.25) is 0 Å². The van der Waals surface area contributed by atoms with Crippen LogP contribution in [0.3, 0.4) is 0 Å². The molecule has 4 nitrogen and oxygen atoms in total. The van der Waals surface area contributed by atoms with Crippen LogP contribution < -0.4 is 10.5 Å². The van der Waals surface area contributed by atoms with Crippen molar-refractivity contribution < 1.29 is 9.47 Å². The van der Waals surface area contributed by atoms with E-state index in [4.69, 9.17) is 27.4 Å². The molecule has 0 aromatic heterocycles. The molecule has 1 aromatic rings. The van der Waals surface area contributed by atoms with Gasteiger partial charge in [-0.05, 0) is 32.0 Å². The largest absolute Gasteiger partial charge is 0.496 e. The summed E-state index contributed by atoms with van der Waals surface area (Å²) in [4.78, 5) is 2.79. The molecule has 1 aliphatic rings. The Kier molecular flexibility index (Phi) is 4.96. The van der Waals surface area contributed by atoms with Crippen LogP contribution in [-0.2, 0) is 11.3 Å². The molecule has 20 heavy (non-hydrogen) atoms. The van der Waals surface area contributed by atoms with Crippen LogP contribution in [0.2, 0.25) is 0 Å². The molecule has 1 aromatic carbocycles. The fourth-order valence-electron chi connectivity index (χ4n) is 2.71. The number of hydrogen-bond donors (Lipinski definition) is 1. The summed E-state index contributed by atoms with van der Waals surface area (Å²) < 4.78 is 11.2. The first-order valence-corrected chi connectivity index (χ1v) is 7.25. The molecule has 2 N–H and O–H groups in total. The van der Waals surface area contributed by atoms with Gasteiger partial charge in [0.05, 0.1) is 19.3 Å². The molecule has 110 valence electrons. The van der Waals surface area contributed by atoms with Gasteiger partial charge >= 0.3 is 0 Å². The van der Waals surface area contributed by atoms with Gasteiger partial charge in [-0.15, -0.1) is 0 Å².